The standard InChI is InChI=1S/C24H32N4O3.HI/c1-4-25-24(28-20-12-13-21(30-3)22(15-20)31-5-2)26-16-17-8-6-11-19(14-17)27-23(29)18-9-7-10-18;/h6,8,11-15,18H,4-5,7,9-10,16H2,1-3H3,(H,27,29)(H2,25,26,28);1H. The number of rotatable bonds is 9. The molecular weight excluding hydrogens is 519 g/mol. The van der Waals surface area contributed by atoms with Crippen molar-refractivity contribution in [1.82, 2.24) is 5.32 Å². The summed E-state index contributed by atoms with van der Waals surface area (Å²) in [6.07, 6.45) is 3.13. The zero-order chi connectivity index (χ0) is 22.1. The zero-order valence-corrected chi connectivity index (χ0v) is 21.3. The van der Waals surface area contributed by atoms with E-state index in [2.05, 4.69) is 20.9 Å². The van der Waals surface area contributed by atoms with E-state index < -0.39 is 0 Å². The average molecular weight is 552 g/mol. The number of amides is 1. The van der Waals surface area contributed by atoms with E-state index in [-0.39, 0.29) is 35.8 Å². The van der Waals surface area contributed by atoms with Crippen LogP contribution in [0.4, 0.5) is 11.4 Å². The van der Waals surface area contributed by atoms with Crippen LogP contribution in [0.2, 0.25) is 0 Å². The minimum absolute atomic E-state index is 0. The van der Waals surface area contributed by atoms with Crippen LogP contribution >= 0.6 is 24.0 Å². The van der Waals surface area contributed by atoms with Gasteiger partial charge in [0.15, 0.2) is 17.5 Å². The largest absolute Gasteiger partial charge is 0.493 e. The summed E-state index contributed by atoms with van der Waals surface area (Å²) in [5.41, 5.74) is 2.69. The van der Waals surface area contributed by atoms with E-state index in [9.17, 15) is 4.79 Å². The second kappa shape index (κ2) is 13.1. The van der Waals surface area contributed by atoms with Gasteiger partial charge in [0.25, 0.3) is 0 Å². The molecule has 0 unspecified atom stereocenters. The summed E-state index contributed by atoms with van der Waals surface area (Å²) >= 11 is 0. The lowest BCUT2D eigenvalue weighted by Gasteiger charge is -2.24. The number of nitrogens with zero attached hydrogens (tertiary/aromatic N) is 1. The van der Waals surface area contributed by atoms with E-state index in [1.807, 2.05) is 56.3 Å². The Balaban J connectivity index is 0.00000363. The molecular formula is C24H33IN4O3. The molecule has 1 saturated carbocycles. The molecule has 1 fully saturated rings. The highest BCUT2D eigenvalue weighted by Crippen LogP contribution is 2.30. The molecule has 2 aromatic carbocycles. The minimum Gasteiger partial charge on any atom is -0.493 e. The Bertz CT molecular complexity index is 916. The van der Waals surface area contributed by atoms with Crippen molar-refractivity contribution in [2.24, 2.45) is 10.9 Å². The first-order valence-electron chi connectivity index (χ1n) is 10.9. The fourth-order valence-electron chi connectivity index (χ4n) is 3.30. The lowest BCUT2D eigenvalue weighted by atomic mass is 9.85. The van der Waals surface area contributed by atoms with Crippen LogP contribution in [0.5, 0.6) is 11.5 Å². The molecule has 0 heterocycles. The lowest BCUT2D eigenvalue weighted by molar-refractivity contribution is -0.122. The molecule has 0 radical (unpaired) electrons. The summed E-state index contributed by atoms with van der Waals surface area (Å²) in [5, 5.41) is 9.59. The molecule has 0 atom stereocenters. The van der Waals surface area contributed by atoms with Crippen molar-refractivity contribution in [3.63, 3.8) is 0 Å². The Morgan fingerprint density at radius 2 is 1.84 bits per heavy atom. The second-order valence-electron chi connectivity index (χ2n) is 7.44. The van der Waals surface area contributed by atoms with E-state index in [1.165, 1.54) is 0 Å². The Hall–Kier alpha value is -2.49. The Morgan fingerprint density at radius 1 is 1.06 bits per heavy atom. The number of ether oxygens (including phenoxy) is 2. The number of aliphatic imine (C=N–C) groups is 1. The van der Waals surface area contributed by atoms with Crippen molar-refractivity contribution in [3.05, 3.63) is 48.0 Å². The number of guanidine groups is 1. The van der Waals surface area contributed by atoms with Crippen LogP contribution in [0, 0.1) is 5.92 Å². The maximum atomic E-state index is 12.2. The molecule has 0 aliphatic heterocycles. The molecule has 1 aliphatic carbocycles. The van der Waals surface area contributed by atoms with Gasteiger partial charge in [0.05, 0.1) is 20.3 Å². The number of carbonyl (C=O) groups is 1. The maximum absolute atomic E-state index is 12.2. The predicted octanol–water partition coefficient (Wildman–Crippen LogP) is 5.03. The monoisotopic (exact) mass is 552 g/mol. The van der Waals surface area contributed by atoms with Crippen LogP contribution in [-0.4, -0.2) is 32.1 Å². The summed E-state index contributed by atoms with van der Waals surface area (Å²) in [6.45, 7) is 5.73. The van der Waals surface area contributed by atoms with E-state index >= 15 is 0 Å². The Morgan fingerprint density at radius 3 is 2.50 bits per heavy atom. The topological polar surface area (TPSA) is 84.0 Å². The van der Waals surface area contributed by atoms with E-state index in [0.29, 0.717) is 30.6 Å². The van der Waals surface area contributed by atoms with Crippen LogP contribution in [0.25, 0.3) is 0 Å². The maximum Gasteiger partial charge on any atom is 0.227 e. The van der Waals surface area contributed by atoms with Gasteiger partial charge in [-0.15, -0.1) is 24.0 Å². The van der Waals surface area contributed by atoms with E-state index in [0.717, 1.165) is 42.7 Å². The van der Waals surface area contributed by atoms with Crippen molar-refractivity contribution in [2.45, 2.75) is 39.7 Å². The highest BCUT2D eigenvalue weighted by Gasteiger charge is 2.25. The first kappa shape index (κ1) is 25.8. The van der Waals surface area contributed by atoms with Gasteiger partial charge < -0.3 is 25.4 Å². The highest BCUT2D eigenvalue weighted by atomic mass is 127. The SMILES string of the molecule is CCNC(=NCc1cccc(NC(=O)C2CCC2)c1)Nc1ccc(OC)c(OCC)c1.I. The molecule has 3 rings (SSSR count). The van der Waals surface area contributed by atoms with Crippen LogP contribution in [0.3, 0.4) is 0 Å². The third-order valence-electron chi connectivity index (χ3n) is 5.16. The summed E-state index contributed by atoms with van der Waals surface area (Å²) < 4.78 is 11.0. The van der Waals surface area contributed by atoms with Crippen LogP contribution in [0.15, 0.2) is 47.5 Å². The molecule has 1 aliphatic rings. The first-order valence-corrected chi connectivity index (χ1v) is 10.9. The first-order chi connectivity index (χ1) is 15.1. The third-order valence-corrected chi connectivity index (χ3v) is 5.16. The summed E-state index contributed by atoms with van der Waals surface area (Å²) in [4.78, 5) is 16.9. The summed E-state index contributed by atoms with van der Waals surface area (Å²) in [7, 11) is 1.62. The smallest absolute Gasteiger partial charge is 0.227 e. The minimum atomic E-state index is 0. The van der Waals surface area contributed by atoms with Gasteiger partial charge in [0.1, 0.15) is 0 Å². The number of benzene rings is 2. The molecule has 8 heteroatoms. The molecule has 3 N–H and O–H groups in total. The van der Waals surface area contributed by atoms with Gasteiger partial charge in [0.2, 0.25) is 5.91 Å². The number of hydrogen-bond acceptors (Lipinski definition) is 4. The van der Waals surface area contributed by atoms with Gasteiger partial charge in [-0.2, -0.15) is 0 Å². The van der Waals surface area contributed by atoms with Crippen molar-refractivity contribution in [2.75, 3.05) is 30.9 Å². The fourth-order valence-corrected chi connectivity index (χ4v) is 3.30. The molecule has 174 valence electrons. The number of anilines is 2. The third kappa shape index (κ3) is 7.29. The molecule has 0 saturated heterocycles. The molecule has 1 amide bonds. The number of halogens is 1. The van der Waals surface area contributed by atoms with Crippen molar-refractivity contribution < 1.29 is 14.3 Å². The van der Waals surface area contributed by atoms with Gasteiger partial charge in [-0.05, 0) is 56.5 Å². The van der Waals surface area contributed by atoms with Crippen molar-refractivity contribution in [1.29, 1.82) is 0 Å². The van der Waals surface area contributed by atoms with Crippen molar-refractivity contribution >= 4 is 47.2 Å². The van der Waals surface area contributed by atoms with Gasteiger partial charge in [-0.25, -0.2) is 4.99 Å². The molecule has 32 heavy (non-hydrogen) atoms. The Labute approximate surface area is 207 Å². The fraction of sp³-hybridized carbons (Fsp3) is 0.417. The van der Waals surface area contributed by atoms with E-state index in [4.69, 9.17) is 9.47 Å². The average Bonchev–Trinajstić information content (AvgIpc) is 2.72. The quantitative estimate of drug-likeness (QED) is 0.231. The molecule has 7 nitrogen and oxygen atoms in total. The van der Waals surface area contributed by atoms with Crippen molar-refractivity contribution in [3.8, 4) is 11.5 Å². The van der Waals surface area contributed by atoms with Gasteiger partial charge in [-0.1, -0.05) is 18.6 Å². The number of nitrogens with one attached hydrogen (secondary N) is 3. The molecule has 2 aromatic rings. The van der Waals surface area contributed by atoms with Gasteiger partial charge in [-0.3, -0.25) is 4.79 Å². The molecule has 0 aromatic heterocycles. The number of methoxy groups -OCH3 is 1. The number of carbonyl (C=O) groups excluding carboxylic acids is 1. The Kier molecular flexibility index (Phi) is 10.6. The molecule has 0 bridgehead atoms. The zero-order valence-electron chi connectivity index (χ0n) is 18.9. The predicted molar refractivity (Wildman–Crippen MR) is 140 cm³/mol. The van der Waals surface area contributed by atoms with E-state index in [1.54, 1.807) is 7.11 Å². The molecule has 0 spiro atoms. The number of hydrogen-bond donors (Lipinski definition) is 3. The van der Waals surface area contributed by atoms with Crippen LogP contribution < -0.4 is 25.4 Å². The second-order valence-corrected chi connectivity index (χ2v) is 7.44. The lowest BCUT2D eigenvalue weighted by Crippen LogP contribution is -2.30. The highest BCUT2D eigenvalue weighted by molar-refractivity contribution is 14.0. The van der Waals surface area contributed by atoms with Gasteiger partial charge >= 0.3 is 0 Å². The normalized spacial score (nSPS) is 13.4. The summed E-state index contributed by atoms with van der Waals surface area (Å²) in [6, 6.07) is 13.5. The van der Waals surface area contributed by atoms with Gasteiger partial charge in [0, 0.05) is 29.9 Å². The van der Waals surface area contributed by atoms with Crippen LogP contribution in [-0.2, 0) is 11.3 Å². The summed E-state index contributed by atoms with van der Waals surface area (Å²) in [5.74, 6) is 2.32. The van der Waals surface area contributed by atoms with Crippen LogP contribution in [0.1, 0.15) is 38.7 Å².